The Bertz CT molecular complexity index is 1440. The lowest BCUT2D eigenvalue weighted by atomic mass is 9.85. The predicted molar refractivity (Wildman–Crippen MR) is 90.6 cm³/mol. The quantitative estimate of drug-likeness (QED) is 0.476. The molecular weight excluding hydrogens is 362 g/mol. The number of H-pyrrole nitrogens is 2. The van der Waals surface area contributed by atoms with Gasteiger partial charge in [-0.15, -0.1) is 0 Å². The summed E-state index contributed by atoms with van der Waals surface area (Å²) in [4.78, 5) is 4.04. The minimum absolute atomic E-state index is 0.0437. The molecule has 3 aromatic heterocycles. The van der Waals surface area contributed by atoms with Crippen molar-refractivity contribution in [2.75, 3.05) is 0 Å². The van der Waals surface area contributed by atoms with E-state index in [0.717, 1.165) is 12.3 Å². The summed E-state index contributed by atoms with van der Waals surface area (Å²) in [5.74, 6) is -0.947. The molecule has 0 atom stereocenters. The topological polar surface area (TPSA) is 70.2 Å². The number of hydrogen-bond donors (Lipinski definition) is 2. The van der Waals surface area contributed by atoms with Gasteiger partial charge in [0, 0.05) is 25.1 Å². The molecule has 0 radical (unpaired) electrons. The summed E-state index contributed by atoms with van der Waals surface area (Å²) in [6, 6.07) is 1.03. The third-order valence-electron chi connectivity index (χ3n) is 4.46. The molecule has 1 aliphatic carbocycles. The Labute approximate surface area is 158 Å². The van der Waals surface area contributed by atoms with E-state index in [1.54, 1.807) is 5.10 Å². The highest BCUT2D eigenvalue weighted by Gasteiger charge is 2.37. The SMILES string of the molecule is [2H]C1([2H])Cc2c(c(-c3cn[nH]c3C(F)(F)F)nc3c(F)cc4[nH]ncc4c23)C([2H])([2H])C1([2H])[2H]. The molecular formula is C18H13F4N5. The maximum absolute atomic E-state index is 15.0. The second-order valence-electron chi connectivity index (χ2n) is 5.99. The number of benzene rings is 1. The van der Waals surface area contributed by atoms with Crippen LogP contribution in [0.3, 0.4) is 0 Å². The van der Waals surface area contributed by atoms with Crippen molar-refractivity contribution in [1.29, 1.82) is 0 Å². The van der Waals surface area contributed by atoms with E-state index in [0.29, 0.717) is 0 Å². The number of rotatable bonds is 1. The molecule has 0 saturated carbocycles. The molecule has 0 aliphatic heterocycles. The smallest absolute Gasteiger partial charge is 0.278 e. The minimum Gasteiger partial charge on any atom is -0.278 e. The zero-order chi connectivity index (χ0) is 24.1. The summed E-state index contributed by atoms with van der Waals surface area (Å²) in [5, 5.41) is 11.7. The van der Waals surface area contributed by atoms with Gasteiger partial charge in [-0.1, -0.05) is 0 Å². The molecule has 0 amide bonds. The maximum Gasteiger partial charge on any atom is 0.433 e. The predicted octanol–water partition coefficient (Wildman–Crippen LogP) is 4.54. The first kappa shape index (κ1) is 11.0. The van der Waals surface area contributed by atoms with E-state index in [2.05, 4.69) is 20.3 Å². The van der Waals surface area contributed by atoms with Gasteiger partial charge in [0.25, 0.3) is 0 Å². The van der Waals surface area contributed by atoms with E-state index in [1.165, 1.54) is 6.20 Å². The van der Waals surface area contributed by atoms with Crippen molar-refractivity contribution in [3.8, 4) is 11.3 Å². The van der Waals surface area contributed by atoms with Crippen LogP contribution in [0.1, 0.15) is 37.8 Å². The van der Waals surface area contributed by atoms with Gasteiger partial charge in [0.1, 0.15) is 11.2 Å². The van der Waals surface area contributed by atoms with E-state index in [4.69, 9.17) is 8.22 Å². The van der Waals surface area contributed by atoms with E-state index in [9.17, 15) is 13.2 Å². The Morgan fingerprint density at radius 2 is 1.89 bits per heavy atom. The number of fused-ring (bicyclic) bond motifs is 5. The number of aromatic amines is 2. The summed E-state index contributed by atoms with van der Waals surface area (Å²) < 4.78 is 106. The van der Waals surface area contributed by atoms with Crippen LogP contribution in [0, 0.1) is 5.82 Å². The van der Waals surface area contributed by atoms with Crippen LogP contribution in [0.5, 0.6) is 0 Å². The first-order valence-electron chi connectivity index (χ1n) is 10.8. The third kappa shape index (κ3) is 2.34. The van der Waals surface area contributed by atoms with Gasteiger partial charge in [0.2, 0.25) is 0 Å². The molecule has 0 fully saturated rings. The van der Waals surface area contributed by atoms with Crippen molar-refractivity contribution in [3.63, 3.8) is 0 Å². The number of hydrogen-bond acceptors (Lipinski definition) is 3. The molecule has 0 unspecified atom stereocenters. The van der Waals surface area contributed by atoms with Crippen LogP contribution in [-0.2, 0) is 19.0 Å². The highest BCUT2D eigenvalue weighted by Crippen LogP contribution is 2.41. The van der Waals surface area contributed by atoms with E-state index < -0.39 is 65.6 Å². The second kappa shape index (κ2) is 5.51. The highest BCUT2D eigenvalue weighted by atomic mass is 19.4. The number of aromatic nitrogens is 5. The van der Waals surface area contributed by atoms with Crippen LogP contribution < -0.4 is 0 Å². The first-order valence-corrected chi connectivity index (χ1v) is 7.78. The van der Waals surface area contributed by atoms with Crippen LogP contribution in [0.25, 0.3) is 33.1 Å². The summed E-state index contributed by atoms with van der Waals surface area (Å²) in [6.07, 6.45) is -12.7. The molecule has 27 heavy (non-hydrogen) atoms. The van der Waals surface area contributed by atoms with Crippen molar-refractivity contribution in [2.45, 2.75) is 31.7 Å². The average molecular weight is 381 g/mol. The molecule has 2 N–H and O–H groups in total. The summed E-state index contributed by atoms with van der Waals surface area (Å²) in [6.45, 7) is 0. The fourth-order valence-electron chi connectivity index (χ4n) is 3.33. The normalized spacial score (nSPS) is 23.7. The Morgan fingerprint density at radius 3 is 2.70 bits per heavy atom. The highest BCUT2D eigenvalue weighted by molar-refractivity contribution is 6.08. The van der Waals surface area contributed by atoms with Crippen LogP contribution in [0.2, 0.25) is 0 Å². The Morgan fingerprint density at radius 1 is 1.07 bits per heavy atom. The summed E-state index contributed by atoms with van der Waals surface area (Å²) >= 11 is 0. The monoisotopic (exact) mass is 381 g/mol. The molecule has 3 heterocycles. The Kier molecular flexibility index (Phi) is 2.25. The van der Waals surface area contributed by atoms with Gasteiger partial charge in [-0.3, -0.25) is 10.2 Å². The van der Waals surface area contributed by atoms with Gasteiger partial charge in [0.15, 0.2) is 5.82 Å². The third-order valence-corrected chi connectivity index (χ3v) is 4.46. The zero-order valence-corrected chi connectivity index (χ0v) is 13.3. The molecule has 0 spiro atoms. The van der Waals surface area contributed by atoms with Crippen molar-refractivity contribution in [2.24, 2.45) is 0 Å². The number of halogens is 4. The van der Waals surface area contributed by atoms with Gasteiger partial charge in [-0.25, -0.2) is 9.37 Å². The number of nitrogens with zero attached hydrogens (tertiary/aromatic N) is 3. The van der Waals surface area contributed by atoms with Gasteiger partial charge >= 0.3 is 6.18 Å². The van der Waals surface area contributed by atoms with Gasteiger partial charge < -0.3 is 0 Å². The molecule has 0 saturated heterocycles. The minimum atomic E-state index is -4.95. The molecule has 1 aromatic carbocycles. The number of alkyl halides is 3. The molecule has 5 nitrogen and oxygen atoms in total. The van der Waals surface area contributed by atoms with Crippen molar-refractivity contribution in [1.82, 2.24) is 25.4 Å². The van der Waals surface area contributed by atoms with Gasteiger partial charge in [0.05, 0.1) is 29.2 Å². The molecule has 138 valence electrons. The molecule has 5 rings (SSSR count). The van der Waals surface area contributed by atoms with E-state index in [-0.39, 0.29) is 21.9 Å². The lowest BCUT2D eigenvalue weighted by Gasteiger charge is -2.22. The summed E-state index contributed by atoms with van der Waals surface area (Å²) in [5.41, 5.74) is -3.73. The van der Waals surface area contributed by atoms with Crippen LogP contribution in [0.15, 0.2) is 18.5 Å². The van der Waals surface area contributed by atoms with E-state index in [1.807, 2.05) is 0 Å². The Hall–Kier alpha value is -2.97. The maximum atomic E-state index is 15.0. The lowest BCUT2D eigenvalue weighted by Crippen LogP contribution is -2.12. The molecule has 4 aromatic rings. The van der Waals surface area contributed by atoms with Crippen molar-refractivity contribution in [3.05, 3.63) is 41.1 Å². The van der Waals surface area contributed by atoms with Crippen molar-refractivity contribution < 1.29 is 25.8 Å². The number of aryl methyl sites for hydroxylation is 1. The zero-order valence-electron chi connectivity index (χ0n) is 19.3. The Balaban J connectivity index is 2.03. The van der Waals surface area contributed by atoms with Gasteiger partial charge in [-0.2, -0.15) is 23.4 Å². The van der Waals surface area contributed by atoms with Gasteiger partial charge in [-0.05, 0) is 36.7 Å². The van der Waals surface area contributed by atoms with Crippen molar-refractivity contribution >= 4 is 21.8 Å². The van der Waals surface area contributed by atoms with E-state index >= 15 is 4.39 Å². The lowest BCUT2D eigenvalue weighted by molar-refractivity contribution is -0.140. The number of pyridine rings is 1. The standard InChI is InChI=1S/C18H13F4N5/c19-12-5-13-10(6-23-26-13)14-8-3-1-2-4-9(8)15(25-16(12)14)11-7-24-27-17(11)18(20,21)22/h5-7H,1-4H2,(H,23,26)(H,24,27)/i1D2,2D2,4D2. The van der Waals surface area contributed by atoms with Crippen LogP contribution >= 0.6 is 0 Å². The van der Waals surface area contributed by atoms with Crippen LogP contribution in [0.4, 0.5) is 17.6 Å². The molecule has 9 heteroatoms. The number of nitrogens with one attached hydrogen (secondary N) is 2. The van der Waals surface area contributed by atoms with Crippen LogP contribution in [-0.4, -0.2) is 25.4 Å². The second-order valence-corrected chi connectivity index (χ2v) is 5.99. The summed E-state index contributed by atoms with van der Waals surface area (Å²) in [7, 11) is 0. The fraction of sp³-hybridized carbons (Fsp3) is 0.278. The average Bonchev–Trinajstić information content (AvgIpc) is 3.34. The molecule has 0 bridgehead atoms. The largest absolute Gasteiger partial charge is 0.433 e. The fourth-order valence-corrected chi connectivity index (χ4v) is 3.33. The first-order chi connectivity index (χ1) is 15.2. The molecule has 1 aliphatic rings.